The van der Waals surface area contributed by atoms with Gasteiger partial charge in [-0.15, -0.1) is 0 Å². The molecule has 1 fully saturated rings. The maximum Gasteiger partial charge on any atom is 0.242 e. The first kappa shape index (κ1) is 13.5. The van der Waals surface area contributed by atoms with Gasteiger partial charge in [-0.05, 0) is 25.5 Å². The fraction of sp³-hybridized carbons (Fsp3) is 0.636. The van der Waals surface area contributed by atoms with E-state index in [1.165, 1.54) is 6.20 Å². The van der Waals surface area contributed by atoms with Crippen LogP contribution in [0.5, 0.6) is 0 Å². The zero-order valence-electron chi connectivity index (χ0n) is 10.4. The Balaban J connectivity index is 1.95. The summed E-state index contributed by atoms with van der Waals surface area (Å²) in [4.78, 5) is 3.22. The van der Waals surface area contributed by atoms with E-state index in [2.05, 4.69) is 15.0 Å². The molecular weight excluding hydrogens is 254 g/mol. The van der Waals surface area contributed by atoms with E-state index < -0.39 is 10.0 Å². The molecule has 1 aliphatic rings. The topological polar surface area (TPSA) is 83.2 Å². The Kier molecular flexibility index (Phi) is 4.39. The van der Waals surface area contributed by atoms with Crippen molar-refractivity contribution >= 4 is 10.0 Å². The van der Waals surface area contributed by atoms with Crippen LogP contribution in [0.15, 0.2) is 17.2 Å². The molecule has 1 unspecified atom stereocenters. The molecule has 6 nitrogen and oxygen atoms in total. The summed E-state index contributed by atoms with van der Waals surface area (Å²) in [7, 11) is -1.60. The van der Waals surface area contributed by atoms with Crippen molar-refractivity contribution in [3.05, 3.63) is 18.0 Å². The van der Waals surface area contributed by atoms with Crippen molar-refractivity contribution in [2.75, 3.05) is 26.8 Å². The van der Waals surface area contributed by atoms with Gasteiger partial charge in [-0.1, -0.05) is 0 Å². The third kappa shape index (κ3) is 3.32. The van der Waals surface area contributed by atoms with Gasteiger partial charge in [0.25, 0.3) is 0 Å². The lowest BCUT2D eigenvalue weighted by atomic mass is 10.1. The summed E-state index contributed by atoms with van der Waals surface area (Å²) < 4.78 is 31.9. The quantitative estimate of drug-likeness (QED) is 0.684. The van der Waals surface area contributed by atoms with Crippen molar-refractivity contribution in [1.29, 1.82) is 0 Å². The van der Waals surface area contributed by atoms with Gasteiger partial charge in [0.15, 0.2) is 0 Å². The van der Waals surface area contributed by atoms with Crippen LogP contribution in [0.2, 0.25) is 0 Å². The Morgan fingerprint density at radius 1 is 1.56 bits per heavy atom. The average molecular weight is 273 g/mol. The Morgan fingerprint density at radius 2 is 2.39 bits per heavy atom. The number of nitrogens with one attached hydrogen (secondary N) is 3. The predicted molar refractivity (Wildman–Crippen MR) is 67.7 cm³/mol. The minimum absolute atomic E-state index is 0.284. The average Bonchev–Trinajstić information content (AvgIpc) is 2.98. The first-order valence-electron chi connectivity index (χ1n) is 6.01. The standard InChI is InChI=1S/C11H19N3O3S/c1-12-6-10-4-11(7-13-10)18(15,16)14-5-9-2-3-17-8-9/h4,7,9,12-14H,2-3,5-6,8H2,1H3. The van der Waals surface area contributed by atoms with Gasteiger partial charge in [-0.3, -0.25) is 0 Å². The minimum Gasteiger partial charge on any atom is -0.381 e. The van der Waals surface area contributed by atoms with Gasteiger partial charge in [0, 0.05) is 31.6 Å². The zero-order chi connectivity index (χ0) is 13.0. The zero-order valence-corrected chi connectivity index (χ0v) is 11.2. The molecule has 102 valence electrons. The van der Waals surface area contributed by atoms with Crippen LogP contribution in [0.4, 0.5) is 0 Å². The van der Waals surface area contributed by atoms with E-state index in [0.29, 0.717) is 19.7 Å². The van der Waals surface area contributed by atoms with Crippen molar-refractivity contribution in [3.63, 3.8) is 0 Å². The minimum atomic E-state index is -3.41. The number of ether oxygens (including phenoxy) is 1. The first-order chi connectivity index (χ1) is 8.62. The second-order valence-electron chi connectivity index (χ2n) is 4.47. The SMILES string of the molecule is CNCc1cc(S(=O)(=O)NCC2CCOC2)c[nH]1. The van der Waals surface area contributed by atoms with Crippen LogP contribution in [0.25, 0.3) is 0 Å². The summed E-state index contributed by atoms with van der Waals surface area (Å²) in [6, 6.07) is 1.64. The van der Waals surface area contributed by atoms with E-state index in [1.54, 1.807) is 6.07 Å². The van der Waals surface area contributed by atoms with Crippen molar-refractivity contribution in [2.45, 2.75) is 17.9 Å². The number of rotatable bonds is 6. The molecule has 0 aromatic carbocycles. The molecule has 0 bridgehead atoms. The number of aromatic amines is 1. The van der Waals surface area contributed by atoms with Crippen LogP contribution in [0.1, 0.15) is 12.1 Å². The fourth-order valence-corrected chi connectivity index (χ4v) is 3.06. The number of H-pyrrole nitrogens is 1. The lowest BCUT2D eigenvalue weighted by Crippen LogP contribution is -2.29. The number of hydrogen-bond donors (Lipinski definition) is 3. The molecule has 0 saturated carbocycles. The summed E-state index contributed by atoms with van der Waals surface area (Å²) in [5, 5.41) is 2.96. The molecule has 18 heavy (non-hydrogen) atoms. The van der Waals surface area contributed by atoms with Crippen LogP contribution in [0, 0.1) is 5.92 Å². The number of sulfonamides is 1. The molecule has 1 aromatic heterocycles. The summed E-state index contributed by atoms with van der Waals surface area (Å²) >= 11 is 0. The third-order valence-corrected chi connectivity index (χ3v) is 4.38. The Labute approximate surface area is 107 Å². The molecule has 7 heteroatoms. The smallest absolute Gasteiger partial charge is 0.242 e. The molecule has 0 amide bonds. The maximum absolute atomic E-state index is 12.0. The summed E-state index contributed by atoms with van der Waals surface area (Å²) in [5.41, 5.74) is 0.849. The summed E-state index contributed by atoms with van der Waals surface area (Å²) in [6.07, 6.45) is 2.43. The van der Waals surface area contributed by atoms with Gasteiger partial charge in [-0.2, -0.15) is 0 Å². The molecule has 2 heterocycles. The molecule has 2 rings (SSSR count). The van der Waals surface area contributed by atoms with E-state index in [-0.39, 0.29) is 10.8 Å². The highest BCUT2D eigenvalue weighted by Crippen LogP contribution is 2.14. The summed E-state index contributed by atoms with van der Waals surface area (Å²) in [6.45, 7) is 2.42. The van der Waals surface area contributed by atoms with Gasteiger partial charge < -0.3 is 15.0 Å². The van der Waals surface area contributed by atoms with Crippen LogP contribution in [-0.4, -0.2) is 40.2 Å². The molecule has 1 aromatic rings. The van der Waals surface area contributed by atoms with E-state index in [9.17, 15) is 8.42 Å². The molecule has 1 saturated heterocycles. The third-order valence-electron chi connectivity index (χ3n) is 2.98. The summed E-state index contributed by atoms with van der Waals surface area (Å²) in [5.74, 6) is 0.287. The molecule has 1 aliphatic heterocycles. The highest BCUT2D eigenvalue weighted by atomic mass is 32.2. The highest BCUT2D eigenvalue weighted by molar-refractivity contribution is 7.89. The molecule has 0 spiro atoms. The first-order valence-corrected chi connectivity index (χ1v) is 7.49. The molecule has 1 atom stereocenters. The van der Waals surface area contributed by atoms with Crippen molar-refractivity contribution in [2.24, 2.45) is 5.92 Å². The maximum atomic E-state index is 12.0. The van der Waals surface area contributed by atoms with Gasteiger partial charge in [0.1, 0.15) is 0 Å². The van der Waals surface area contributed by atoms with Crippen molar-refractivity contribution in [1.82, 2.24) is 15.0 Å². The Bertz CT molecular complexity index is 477. The van der Waals surface area contributed by atoms with Crippen molar-refractivity contribution in [3.8, 4) is 0 Å². The van der Waals surface area contributed by atoms with E-state index in [0.717, 1.165) is 18.7 Å². The second-order valence-corrected chi connectivity index (χ2v) is 6.24. The van der Waals surface area contributed by atoms with Crippen LogP contribution in [-0.2, 0) is 21.3 Å². The van der Waals surface area contributed by atoms with E-state index in [4.69, 9.17) is 4.74 Å². The number of aromatic nitrogens is 1. The monoisotopic (exact) mass is 273 g/mol. The molecule has 0 aliphatic carbocycles. The van der Waals surface area contributed by atoms with Gasteiger partial charge in [0.2, 0.25) is 10.0 Å². The normalized spacial score (nSPS) is 20.4. The Morgan fingerprint density at radius 3 is 3.06 bits per heavy atom. The van der Waals surface area contributed by atoms with E-state index in [1.807, 2.05) is 7.05 Å². The fourth-order valence-electron chi connectivity index (χ4n) is 1.92. The van der Waals surface area contributed by atoms with Crippen molar-refractivity contribution < 1.29 is 13.2 Å². The molecular formula is C11H19N3O3S. The number of hydrogen-bond acceptors (Lipinski definition) is 4. The Hall–Kier alpha value is -0.890. The van der Waals surface area contributed by atoms with E-state index >= 15 is 0 Å². The van der Waals surface area contributed by atoms with Gasteiger partial charge in [-0.25, -0.2) is 13.1 Å². The van der Waals surface area contributed by atoms with Crippen LogP contribution >= 0.6 is 0 Å². The largest absolute Gasteiger partial charge is 0.381 e. The van der Waals surface area contributed by atoms with Gasteiger partial charge in [0.05, 0.1) is 11.5 Å². The van der Waals surface area contributed by atoms with Gasteiger partial charge >= 0.3 is 0 Å². The predicted octanol–water partition coefficient (Wildman–Crippen LogP) is 0.0489. The second kappa shape index (κ2) is 5.83. The lowest BCUT2D eigenvalue weighted by molar-refractivity contribution is 0.186. The van der Waals surface area contributed by atoms with Crippen LogP contribution < -0.4 is 10.0 Å². The van der Waals surface area contributed by atoms with Crippen LogP contribution in [0.3, 0.4) is 0 Å². The lowest BCUT2D eigenvalue weighted by Gasteiger charge is -2.08. The molecule has 0 radical (unpaired) electrons. The highest BCUT2D eigenvalue weighted by Gasteiger charge is 2.20. The molecule has 3 N–H and O–H groups in total.